The first-order valence-corrected chi connectivity index (χ1v) is 7.17. The van der Waals surface area contributed by atoms with E-state index in [4.69, 9.17) is 10.5 Å². The molecule has 1 saturated heterocycles. The van der Waals surface area contributed by atoms with E-state index in [0.717, 1.165) is 19.6 Å². The lowest BCUT2D eigenvalue weighted by molar-refractivity contribution is 0.167. The summed E-state index contributed by atoms with van der Waals surface area (Å²) in [5, 5.41) is 21.5. The Bertz CT molecular complexity index is 506. The smallest absolute Gasteiger partial charge is 0.101 e. The highest BCUT2D eigenvalue weighted by molar-refractivity contribution is 5.66. The second-order valence-corrected chi connectivity index (χ2v) is 5.26. The van der Waals surface area contributed by atoms with E-state index in [1.54, 1.807) is 18.2 Å². The van der Waals surface area contributed by atoms with Gasteiger partial charge in [0.1, 0.15) is 12.1 Å². The van der Waals surface area contributed by atoms with Crippen LogP contribution in [0.1, 0.15) is 37.3 Å². The van der Waals surface area contributed by atoms with Crippen molar-refractivity contribution in [2.45, 2.75) is 32.2 Å². The van der Waals surface area contributed by atoms with Crippen LogP contribution in [-0.4, -0.2) is 30.6 Å². The Hall–Kier alpha value is -2.04. The van der Waals surface area contributed by atoms with Crippen molar-refractivity contribution in [3.05, 3.63) is 29.3 Å². The maximum absolute atomic E-state index is 9.12. The zero-order valence-electron chi connectivity index (χ0n) is 11.9. The van der Waals surface area contributed by atoms with Crippen molar-refractivity contribution in [3.8, 4) is 12.1 Å². The number of hydrogen-bond acceptors (Lipinski definition) is 4. The minimum atomic E-state index is 0.538. The maximum Gasteiger partial charge on any atom is 0.101 e. The average molecular weight is 268 g/mol. The highest BCUT2D eigenvalue weighted by Crippen LogP contribution is 2.20. The van der Waals surface area contributed by atoms with E-state index in [1.165, 1.54) is 19.3 Å². The Morgan fingerprint density at radius 1 is 1.25 bits per heavy atom. The van der Waals surface area contributed by atoms with E-state index in [1.807, 2.05) is 0 Å². The molecule has 0 radical (unpaired) electrons. The number of rotatable bonds is 4. The zero-order valence-corrected chi connectivity index (χ0v) is 11.9. The molecule has 0 spiro atoms. The summed E-state index contributed by atoms with van der Waals surface area (Å²) in [6.07, 6.45) is 3.85. The molecule has 1 unspecified atom stereocenters. The molecule has 1 aromatic rings. The zero-order chi connectivity index (χ0) is 14.4. The molecule has 1 aromatic carbocycles. The predicted octanol–water partition coefficient (Wildman–Crippen LogP) is 2.72. The summed E-state index contributed by atoms with van der Waals surface area (Å²) in [6.45, 7) is 5.13. The van der Waals surface area contributed by atoms with E-state index in [2.05, 4.69) is 29.3 Å². The third-order valence-electron chi connectivity index (χ3n) is 3.95. The Balaban J connectivity index is 1.97. The first kappa shape index (κ1) is 14.4. The summed E-state index contributed by atoms with van der Waals surface area (Å²) < 4.78 is 0. The van der Waals surface area contributed by atoms with Gasteiger partial charge in [-0.25, -0.2) is 0 Å². The quantitative estimate of drug-likeness (QED) is 0.912. The van der Waals surface area contributed by atoms with Crippen LogP contribution in [0.3, 0.4) is 0 Å². The molecule has 1 aliphatic rings. The van der Waals surface area contributed by atoms with Gasteiger partial charge in [-0.05, 0) is 38.4 Å². The normalized spacial score (nSPS) is 19.1. The molecule has 104 valence electrons. The fraction of sp³-hybridized carbons (Fsp3) is 0.500. The van der Waals surface area contributed by atoms with E-state index >= 15 is 0 Å². The summed E-state index contributed by atoms with van der Waals surface area (Å²) >= 11 is 0. The number of para-hydroxylation sites is 1. The second-order valence-electron chi connectivity index (χ2n) is 5.26. The highest BCUT2D eigenvalue weighted by atomic mass is 15.2. The monoisotopic (exact) mass is 268 g/mol. The van der Waals surface area contributed by atoms with Gasteiger partial charge in [-0.1, -0.05) is 12.5 Å². The van der Waals surface area contributed by atoms with Gasteiger partial charge in [-0.15, -0.1) is 0 Å². The number of benzene rings is 1. The SMILES string of the molecule is CC1CCCCN1CCNc1c(C#N)cccc1C#N. The van der Waals surface area contributed by atoms with Crippen molar-refractivity contribution in [2.24, 2.45) is 0 Å². The molecule has 2 rings (SSSR count). The van der Waals surface area contributed by atoms with Crippen LogP contribution < -0.4 is 5.32 Å². The molecule has 0 aromatic heterocycles. The Morgan fingerprint density at radius 2 is 1.95 bits per heavy atom. The van der Waals surface area contributed by atoms with Crippen molar-refractivity contribution >= 4 is 5.69 Å². The lowest BCUT2D eigenvalue weighted by Crippen LogP contribution is -2.40. The minimum Gasteiger partial charge on any atom is -0.382 e. The maximum atomic E-state index is 9.12. The second kappa shape index (κ2) is 6.93. The molecular weight excluding hydrogens is 248 g/mol. The standard InChI is InChI=1S/C16H20N4/c1-13-5-2-3-9-20(13)10-8-19-16-14(11-17)6-4-7-15(16)12-18/h4,6-7,13,19H,2-3,5,8-10H2,1H3. The highest BCUT2D eigenvalue weighted by Gasteiger charge is 2.17. The van der Waals surface area contributed by atoms with Crippen LogP contribution in [0.15, 0.2) is 18.2 Å². The fourth-order valence-corrected chi connectivity index (χ4v) is 2.74. The minimum absolute atomic E-state index is 0.538. The van der Waals surface area contributed by atoms with Gasteiger partial charge < -0.3 is 5.32 Å². The third-order valence-corrected chi connectivity index (χ3v) is 3.95. The molecule has 1 fully saturated rings. The van der Waals surface area contributed by atoms with Gasteiger partial charge in [0.15, 0.2) is 0 Å². The third kappa shape index (κ3) is 3.29. The summed E-state index contributed by atoms with van der Waals surface area (Å²) in [5.41, 5.74) is 1.74. The van der Waals surface area contributed by atoms with Crippen molar-refractivity contribution in [3.63, 3.8) is 0 Å². The van der Waals surface area contributed by atoms with E-state index in [-0.39, 0.29) is 0 Å². The predicted molar refractivity (Wildman–Crippen MR) is 79.2 cm³/mol. The number of nitrogens with one attached hydrogen (secondary N) is 1. The van der Waals surface area contributed by atoms with Crippen LogP contribution in [0.5, 0.6) is 0 Å². The molecular formula is C16H20N4. The molecule has 0 saturated carbocycles. The summed E-state index contributed by atoms with van der Waals surface area (Å²) in [6, 6.07) is 10.1. The van der Waals surface area contributed by atoms with Gasteiger partial charge in [-0.3, -0.25) is 4.90 Å². The lowest BCUT2D eigenvalue weighted by Gasteiger charge is -2.33. The molecule has 1 atom stereocenters. The molecule has 0 bridgehead atoms. The van der Waals surface area contributed by atoms with Crippen molar-refractivity contribution in [1.82, 2.24) is 4.90 Å². The Morgan fingerprint density at radius 3 is 2.55 bits per heavy atom. The number of piperidine rings is 1. The number of nitrogens with zero attached hydrogens (tertiary/aromatic N) is 3. The van der Waals surface area contributed by atoms with Crippen LogP contribution in [0.25, 0.3) is 0 Å². The van der Waals surface area contributed by atoms with Crippen molar-refractivity contribution < 1.29 is 0 Å². The molecule has 0 aliphatic carbocycles. The van der Waals surface area contributed by atoms with Gasteiger partial charge in [0.05, 0.1) is 16.8 Å². The largest absolute Gasteiger partial charge is 0.382 e. The molecule has 4 nitrogen and oxygen atoms in total. The lowest BCUT2D eigenvalue weighted by atomic mass is 10.0. The molecule has 0 amide bonds. The van der Waals surface area contributed by atoms with E-state index < -0.39 is 0 Å². The molecule has 20 heavy (non-hydrogen) atoms. The molecule has 1 heterocycles. The Labute approximate surface area is 120 Å². The summed E-state index contributed by atoms with van der Waals surface area (Å²) in [7, 11) is 0. The fourth-order valence-electron chi connectivity index (χ4n) is 2.74. The molecule has 1 aliphatic heterocycles. The van der Waals surface area contributed by atoms with Crippen LogP contribution in [0, 0.1) is 22.7 Å². The van der Waals surface area contributed by atoms with Crippen LogP contribution >= 0.6 is 0 Å². The van der Waals surface area contributed by atoms with Crippen molar-refractivity contribution in [1.29, 1.82) is 10.5 Å². The van der Waals surface area contributed by atoms with Crippen molar-refractivity contribution in [2.75, 3.05) is 25.0 Å². The van der Waals surface area contributed by atoms with Crippen LogP contribution in [0.2, 0.25) is 0 Å². The average Bonchev–Trinajstić information content (AvgIpc) is 2.49. The van der Waals surface area contributed by atoms with E-state index in [0.29, 0.717) is 22.9 Å². The molecule has 4 heteroatoms. The van der Waals surface area contributed by atoms with Gasteiger partial charge in [-0.2, -0.15) is 10.5 Å². The van der Waals surface area contributed by atoms with Gasteiger partial charge in [0.2, 0.25) is 0 Å². The number of hydrogen-bond donors (Lipinski definition) is 1. The first-order chi connectivity index (χ1) is 9.76. The summed E-state index contributed by atoms with van der Waals surface area (Å²) in [5.74, 6) is 0. The van der Waals surface area contributed by atoms with Gasteiger partial charge in [0.25, 0.3) is 0 Å². The van der Waals surface area contributed by atoms with E-state index in [9.17, 15) is 0 Å². The topological polar surface area (TPSA) is 62.9 Å². The number of anilines is 1. The number of nitriles is 2. The first-order valence-electron chi connectivity index (χ1n) is 7.17. The van der Waals surface area contributed by atoms with Gasteiger partial charge in [0, 0.05) is 19.1 Å². The Kier molecular flexibility index (Phi) is 4.98. The van der Waals surface area contributed by atoms with Gasteiger partial charge >= 0.3 is 0 Å². The summed E-state index contributed by atoms with van der Waals surface area (Å²) in [4.78, 5) is 2.47. The number of likely N-dealkylation sites (tertiary alicyclic amines) is 1. The van der Waals surface area contributed by atoms with Crippen LogP contribution in [-0.2, 0) is 0 Å². The molecule has 1 N–H and O–H groups in total. The van der Waals surface area contributed by atoms with Crippen LogP contribution in [0.4, 0.5) is 5.69 Å².